The van der Waals surface area contributed by atoms with Gasteiger partial charge in [-0.1, -0.05) is 6.07 Å². The summed E-state index contributed by atoms with van der Waals surface area (Å²) in [5.74, 6) is -0.440. The van der Waals surface area contributed by atoms with Crippen LogP contribution >= 0.6 is 24.0 Å². The summed E-state index contributed by atoms with van der Waals surface area (Å²) in [4.78, 5) is 4.46. The van der Waals surface area contributed by atoms with Crippen molar-refractivity contribution in [1.82, 2.24) is 20.4 Å². The van der Waals surface area contributed by atoms with Gasteiger partial charge in [0.1, 0.15) is 11.6 Å². The lowest BCUT2D eigenvalue weighted by molar-refractivity contribution is 0.570. The highest BCUT2D eigenvalue weighted by Crippen LogP contribution is 2.09. The molecule has 0 aliphatic heterocycles. The van der Waals surface area contributed by atoms with E-state index in [0.29, 0.717) is 31.0 Å². The molecule has 0 spiro atoms. The molecule has 0 amide bonds. The molecule has 0 aliphatic rings. The molecule has 1 heterocycles. The Balaban J connectivity index is 0.00000288. The number of hydrogen-bond acceptors (Lipinski definition) is 2. The van der Waals surface area contributed by atoms with Crippen LogP contribution in [0.1, 0.15) is 18.2 Å². The summed E-state index contributed by atoms with van der Waals surface area (Å²) >= 11 is 0. The van der Waals surface area contributed by atoms with Gasteiger partial charge < -0.3 is 10.6 Å². The van der Waals surface area contributed by atoms with Crippen LogP contribution in [-0.4, -0.2) is 28.8 Å². The summed E-state index contributed by atoms with van der Waals surface area (Å²) < 4.78 is 28.2. The maximum Gasteiger partial charge on any atom is 0.191 e. The van der Waals surface area contributed by atoms with Gasteiger partial charge in [-0.2, -0.15) is 5.10 Å². The Bertz CT molecular complexity index is 672. The van der Waals surface area contributed by atoms with Gasteiger partial charge in [-0.05, 0) is 31.0 Å². The van der Waals surface area contributed by atoms with Gasteiger partial charge in [0.25, 0.3) is 0 Å². The third-order valence-corrected chi connectivity index (χ3v) is 3.37. The summed E-state index contributed by atoms with van der Waals surface area (Å²) in [7, 11) is 1.86. The predicted octanol–water partition coefficient (Wildman–Crippen LogP) is 2.61. The lowest BCUT2D eigenvalue weighted by Crippen LogP contribution is -2.38. The number of rotatable bonds is 6. The van der Waals surface area contributed by atoms with Gasteiger partial charge in [-0.25, -0.2) is 13.8 Å². The Labute approximate surface area is 157 Å². The zero-order chi connectivity index (χ0) is 16.7. The Kier molecular flexibility index (Phi) is 8.66. The predicted molar refractivity (Wildman–Crippen MR) is 102 cm³/mol. The number of aromatic nitrogens is 2. The Hall–Kier alpha value is -1.71. The first-order chi connectivity index (χ1) is 11.1. The molecule has 24 heavy (non-hydrogen) atoms. The fourth-order valence-corrected chi connectivity index (χ4v) is 2.10. The van der Waals surface area contributed by atoms with Crippen LogP contribution in [0.15, 0.2) is 35.5 Å². The van der Waals surface area contributed by atoms with E-state index in [0.717, 1.165) is 18.3 Å². The van der Waals surface area contributed by atoms with Crippen molar-refractivity contribution in [3.63, 3.8) is 0 Å². The highest BCUT2D eigenvalue weighted by Gasteiger charge is 2.05. The van der Waals surface area contributed by atoms with Crippen molar-refractivity contribution in [2.24, 2.45) is 12.0 Å². The van der Waals surface area contributed by atoms with Crippen LogP contribution in [0.3, 0.4) is 0 Å². The van der Waals surface area contributed by atoms with E-state index < -0.39 is 11.6 Å². The number of nitrogens with one attached hydrogen (secondary N) is 2. The van der Waals surface area contributed by atoms with Crippen molar-refractivity contribution < 1.29 is 8.78 Å². The number of aryl methyl sites for hydroxylation is 1. The second kappa shape index (κ2) is 10.2. The minimum absolute atomic E-state index is 0. The molecule has 0 bridgehead atoms. The SMILES string of the molecule is CCNC(=NCc1ccnn1C)NCCc1ccc(F)cc1F.I. The molecule has 0 fully saturated rings. The average Bonchev–Trinajstić information content (AvgIpc) is 2.92. The molecule has 0 aliphatic carbocycles. The van der Waals surface area contributed by atoms with Crippen molar-refractivity contribution in [3.05, 3.63) is 53.4 Å². The minimum atomic E-state index is -0.565. The number of halogens is 3. The molecule has 8 heteroatoms. The first-order valence-corrected chi connectivity index (χ1v) is 7.53. The highest BCUT2D eigenvalue weighted by atomic mass is 127. The second-order valence-electron chi connectivity index (χ2n) is 5.05. The van der Waals surface area contributed by atoms with Gasteiger partial charge in [0, 0.05) is 32.4 Å². The number of benzene rings is 1. The summed E-state index contributed by atoms with van der Waals surface area (Å²) in [6, 6.07) is 5.53. The molecule has 132 valence electrons. The highest BCUT2D eigenvalue weighted by molar-refractivity contribution is 14.0. The van der Waals surface area contributed by atoms with E-state index in [1.54, 1.807) is 10.9 Å². The van der Waals surface area contributed by atoms with E-state index in [9.17, 15) is 8.78 Å². The monoisotopic (exact) mass is 449 g/mol. The van der Waals surface area contributed by atoms with Crippen molar-refractivity contribution in [2.45, 2.75) is 19.9 Å². The first-order valence-electron chi connectivity index (χ1n) is 7.53. The summed E-state index contributed by atoms with van der Waals surface area (Å²) in [5, 5.41) is 10.4. The van der Waals surface area contributed by atoms with Crippen LogP contribution < -0.4 is 10.6 Å². The van der Waals surface area contributed by atoms with Gasteiger partial charge in [0.15, 0.2) is 5.96 Å². The number of aliphatic imine (C=N–C) groups is 1. The van der Waals surface area contributed by atoms with Crippen molar-refractivity contribution in [3.8, 4) is 0 Å². The fraction of sp³-hybridized carbons (Fsp3) is 0.375. The zero-order valence-electron chi connectivity index (χ0n) is 13.7. The normalized spacial score (nSPS) is 11.1. The van der Waals surface area contributed by atoms with Crippen LogP contribution in [0, 0.1) is 11.6 Å². The van der Waals surface area contributed by atoms with Crippen LogP contribution in [0.5, 0.6) is 0 Å². The van der Waals surface area contributed by atoms with Gasteiger partial charge in [0.2, 0.25) is 0 Å². The summed E-state index contributed by atoms with van der Waals surface area (Å²) in [5.41, 5.74) is 1.47. The van der Waals surface area contributed by atoms with E-state index in [2.05, 4.69) is 20.7 Å². The molecule has 0 saturated carbocycles. The quantitative estimate of drug-likeness (QED) is 0.405. The van der Waals surface area contributed by atoms with E-state index >= 15 is 0 Å². The molecule has 2 N–H and O–H groups in total. The molecule has 0 unspecified atom stereocenters. The molecule has 0 saturated heterocycles. The molecule has 0 radical (unpaired) electrons. The van der Waals surface area contributed by atoms with Crippen LogP contribution in [0.25, 0.3) is 0 Å². The minimum Gasteiger partial charge on any atom is -0.357 e. The van der Waals surface area contributed by atoms with Gasteiger partial charge in [0.05, 0.1) is 12.2 Å². The maximum absolute atomic E-state index is 13.6. The van der Waals surface area contributed by atoms with E-state index in [4.69, 9.17) is 0 Å². The van der Waals surface area contributed by atoms with Crippen LogP contribution in [0.4, 0.5) is 8.78 Å². The molecule has 1 aromatic carbocycles. The third kappa shape index (κ3) is 6.06. The Morgan fingerprint density at radius 1 is 1.25 bits per heavy atom. The van der Waals surface area contributed by atoms with E-state index in [1.807, 2.05) is 20.0 Å². The van der Waals surface area contributed by atoms with Crippen molar-refractivity contribution in [1.29, 1.82) is 0 Å². The Morgan fingerprint density at radius 3 is 2.67 bits per heavy atom. The van der Waals surface area contributed by atoms with Gasteiger partial charge >= 0.3 is 0 Å². The number of guanidine groups is 1. The molecular weight excluding hydrogens is 427 g/mol. The maximum atomic E-state index is 13.6. The fourth-order valence-electron chi connectivity index (χ4n) is 2.10. The zero-order valence-corrected chi connectivity index (χ0v) is 16.1. The van der Waals surface area contributed by atoms with Gasteiger partial charge in [-0.3, -0.25) is 4.68 Å². The standard InChI is InChI=1S/C16H21F2N5.HI/c1-3-19-16(21-11-14-7-9-22-23(14)2)20-8-6-12-4-5-13(17)10-15(12)18;/h4-5,7,9-10H,3,6,8,11H2,1-2H3,(H2,19,20,21);1H. The summed E-state index contributed by atoms with van der Waals surface area (Å²) in [6.07, 6.45) is 2.17. The first kappa shape index (κ1) is 20.3. The number of nitrogens with zero attached hydrogens (tertiary/aromatic N) is 3. The van der Waals surface area contributed by atoms with Gasteiger partial charge in [-0.15, -0.1) is 24.0 Å². The van der Waals surface area contributed by atoms with Crippen molar-refractivity contribution >= 4 is 29.9 Å². The van der Waals surface area contributed by atoms with Crippen LogP contribution in [-0.2, 0) is 20.0 Å². The van der Waals surface area contributed by atoms with Crippen molar-refractivity contribution in [2.75, 3.05) is 13.1 Å². The molecule has 2 rings (SSSR count). The molecule has 5 nitrogen and oxygen atoms in total. The number of hydrogen-bond donors (Lipinski definition) is 2. The Morgan fingerprint density at radius 2 is 2.04 bits per heavy atom. The van der Waals surface area contributed by atoms with E-state index in [-0.39, 0.29) is 24.0 Å². The molecule has 0 atom stereocenters. The lowest BCUT2D eigenvalue weighted by Gasteiger charge is -2.11. The topological polar surface area (TPSA) is 54.2 Å². The molecule has 1 aromatic heterocycles. The second-order valence-corrected chi connectivity index (χ2v) is 5.05. The lowest BCUT2D eigenvalue weighted by atomic mass is 10.1. The largest absolute Gasteiger partial charge is 0.357 e. The third-order valence-electron chi connectivity index (χ3n) is 3.37. The summed E-state index contributed by atoms with van der Waals surface area (Å²) in [6.45, 7) is 3.69. The average molecular weight is 449 g/mol. The molecule has 2 aromatic rings. The van der Waals surface area contributed by atoms with Crippen LogP contribution in [0.2, 0.25) is 0 Å². The molecular formula is C16H22F2IN5. The smallest absolute Gasteiger partial charge is 0.191 e. The van der Waals surface area contributed by atoms with E-state index in [1.165, 1.54) is 12.1 Å².